The van der Waals surface area contributed by atoms with Crippen molar-refractivity contribution < 1.29 is 17.7 Å². The predicted octanol–water partition coefficient (Wildman–Crippen LogP) is 3.78. The van der Waals surface area contributed by atoms with Crippen molar-refractivity contribution in [3.05, 3.63) is 53.1 Å². The number of nitrogens with zero attached hydrogens (tertiary/aromatic N) is 5. The normalized spacial score (nSPS) is 12.0. The molecule has 0 saturated carbocycles. The second kappa shape index (κ2) is 6.23. The summed E-state index contributed by atoms with van der Waals surface area (Å²) in [4.78, 5) is 11.5. The highest BCUT2D eigenvalue weighted by atomic mass is 35.5. The molecule has 0 amide bonds. The summed E-state index contributed by atoms with van der Waals surface area (Å²) in [6.07, 6.45) is -2.88. The zero-order chi connectivity index (χ0) is 19.2. The van der Waals surface area contributed by atoms with Crippen molar-refractivity contribution in [2.75, 3.05) is 5.73 Å². The predicted molar refractivity (Wildman–Crippen MR) is 90.8 cm³/mol. The Morgan fingerprint density at radius 1 is 1.07 bits per heavy atom. The van der Waals surface area contributed by atoms with Gasteiger partial charge in [0, 0.05) is 18.3 Å². The lowest BCUT2D eigenvalue weighted by atomic mass is 10.1. The molecule has 0 aliphatic heterocycles. The Morgan fingerprint density at radius 3 is 2.48 bits per heavy atom. The highest BCUT2D eigenvalue weighted by Gasteiger charge is 2.38. The average Bonchev–Trinajstić information content (AvgIpc) is 3.23. The Bertz CT molecular complexity index is 1120. The average molecular weight is 395 g/mol. The molecule has 2 N–H and O–H groups in total. The molecule has 3 aromatic heterocycles. The van der Waals surface area contributed by atoms with E-state index >= 15 is 0 Å². The molecule has 0 bridgehead atoms. The number of nitrogens with two attached hydrogens (primary N) is 1. The fourth-order valence-electron chi connectivity index (χ4n) is 2.58. The zero-order valence-corrected chi connectivity index (χ0v) is 14.2. The fraction of sp³-hybridized carbons (Fsp3) is 0.125. The van der Waals surface area contributed by atoms with E-state index in [0.717, 1.165) is 5.56 Å². The summed E-state index contributed by atoms with van der Waals surface area (Å²) in [5.41, 5.74) is 7.51. The third-order valence-corrected chi connectivity index (χ3v) is 4.11. The van der Waals surface area contributed by atoms with Gasteiger partial charge in [0.25, 0.3) is 0 Å². The molecule has 0 saturated heterocycles. The van der Waals surface area contributed by atoms with Crippen LogP contribution < -0.4 is 5.73 Å². The molecule has 0 aliphatic carbocycles. The Balaban J connectivity index is 1.59. The third kappa shape index (κ3) is 3.31. The molecule has 11 heteroatoms. The molecule has 0 spiro atoms. The Kier molecular flexibility index (Phi) is 3.99. The van der Waals surface area contributed by atoms with Crippen molar-refractivity contribution in [3.8, 4) is 11.4 Å². The van der Waals surface area contributed by atoms with E-state index in [9.17, 15) is 13.2 Å². The molecule has 4 rings (SSSR count). The molecule has 0 radical (unpaired) electrons. The van der Waals surface area contributed by atoms with Gasteiger partial charge in [0.05, 0.1) is 5.39 Å². The van der Waals surface area contributed by atoms with Crippen molar-refractivity contribution in [1.82, 2.24) is 24.7 Å². The number of anilines is 1. The number of hydrogen-bond donors (Lipinski definition) is 1. The maximum Gasteiger partial charge on any atom is 0.471 e. The Morgan fingerprint density at radius 2 is 1.81 bits per heavy atom. The molecular formula is C16H10ClF3N6O. The van der Waals surface area contributed by atoms with Crippen LogP contribution in [0.1, 0.15) is 11.5 Å². The molecule has 0 aliphatic rings. The number of aromatic nitrogens is 5. The molecule has 0 fully saturated rings. The van der Waals surface area contributed by atoms with Gasteiger partial charge in [0.15, 0.2) is 0 Å². The summed E-state index contributed by atoms with van der Waals surface area (Å²) in [5, 5.41) is 4.30. The second-order valence-electron chi connectivity index (χ2n) is 5.67. The number of fused-ring (bicyclic) bond motifs is 1. The van der Waals surface area contributed by atoms with E-state index in [1.165, 1.54) is 0 Å². The second-order valence-corrected chi connectivity index (χ2v) is 6.03. The summed E-state index contributed by atoms with van der Waals surface area (Å²) in [5.74, 6) is -1.44. The van der Waals surface area contributed by atoms with E-state index in [1.807, 2.05) is 4.57 Å². The van der Waals surface area contributed by atoms with Crippen LogP contribution in [0.25, 0.3) is 22.4 Å². The van der Waals surface area contributed by atoms with Crippen LogP contribution in [0, 0.1) is 0 Å². The van der Waals surface area contributed by atoms with Crippen molar-refractivity contribution in [2.24, 2.45) is 0 Å². The minimum atomic E-state index is -4.67. The minimum Gasteiger partial charge on any atom is -0.368 e. The maximum absolute atomic E-state index is 12.5. The quantitative estimate of drug-likeness (QED) is 0.531. The van der Waals surface area contributed by atoms with Crippen molar-refractivity contribution in [2.45, 2.75) is 12.7 Å². The Labute approximate surface area is 154 Å². The summed E-state index contributed by atoms with van der Waals surface area (Å²) in [6.45, 7) is 0.455. The SMILES string of the molecule is Nc1nc(Cl)c2ccn(Cc3ccc(-c4noc(C(F)(F)F)n4)cc3)c2n1. The number of nitrogen functional groups attached to an aromatic ring is 1. The van der Waals surface area contributed by atoms with E-state index in [2.05, 4.69) is 24.6 Å². The van der Waals surface area contributed by atoms with Crippen LogP contribution in [0.3, 0.4) is 0 Å². The van der Waals surface area contributed by atoms with Gasteiger partial charge in [-0.2, -0.15) is 23.1 Å². The van der Waals surface area contributed by atoms with Gasteiger partial charge in [-0.3, -0.25) is 0 Å². The van der Waals surface area contributed by atoms with E-state index in [0.29, 0.717) is 23.1 Å². The van der Waals surface area contributed by atoms with Gasteiger partial charge in [-0.25, -0.2) is 4.98 Å². The largest absolute Gasteiger partial charge is 0.471 e. The number of hydrogen-bond acceptors (Lipinski definition) is 6. The number of halogens is 4. The molecule has 1 aromatic carbocycles. The monoisotopic (exact) mass is 394 g/mol. The molecule has 3 heterocycles. The highest BCUT2D eigenvalue weighted by Crippen LogP contribution is 2.29. The molecule has 0 unspecified atom stereocenters. The van der Waals surface area contributed by atoms with E-state index in [4.69, 9.17) is 17.3 Å². The van der Waals surface area contributed by atoms with Crippen molar-refractivity contribution >= 4 is 28.6 Å². The van der Waals surface area contributed by atoms with E-state index in [-0.39, 0.29) is 16.9 Å². The molecule has 138 valence electrons. The van der Waals surface area contributed by atoms with Gasteiger partial charge in [-0.05, 0) is 11.6 Å². The van der Waals surface area contributed by atoms with Gasteiger partial charge in [-0.15, -0.1) is 0 Å². The summed E-state index contributed by atoms with van der Waals surface area (Å²) in [6, 6.07) is 8.50. The summed E-state index contributed by atoms with van der Waals surface area (Å²) < 4.78 is 43.7. The summed E-state index contributed by atoms with van der Waals surface area (Å²) in [7, 11) is 0. The lowest BCUT2D eigenvalue weighted by molar-refractivity contribution is -0.159. The van der Waals surface area contributed by atoms with E-state index in [1.54, 1.807) is 36.5 Å². The van der Waals surface area contributed by atoms with Crippen LogP contribution in [-0.2, 0) is 12.7 Å². The van der Waals surface area contributed by atoms with Crippen LogP contribution in [0.15, 0.2) is 41.1 Å². The van der Waals surface area contributed by atoms with Gasteiger partial charge >= 0.3 is 12.1 Å². The van der Waals surface area contributed by atoms with Gasteiger partial charge in [0.1, 0.15) is 10.8 Å². The Hall–Kier alpha value is -3.14. The smallest absolute Gasteiger partial charge is 0.368 e. The molecule has 27 heavy (non-hydrogen) atoms. The lowest BCUT2D eigenvalue weighted by Crippen LogP contribution is -2.04. The van der Waals surface area contributed by atoms with Crippen LogP contribution in [-0.4, -0.2) is 24.7 Å². The fourth-order valence-corrected chi connectivity index (χ4v) is 2.82. The molecule has 0 atom stereocenters. The summed E-state index contributed by atoms with van der Waals surface area (Å²) >= 11 is 6.05. The number of rotatable bonds is 3. The van der Waals surface area contributed by atoms with Crippen LogP contribution >= 0.6 is 11.6 Å². The lowest BCUT2D eigenvalue weighted by Gasteiger charge is -2.06. The third-order valence-electron chi connectivity index (χ3n) is 3.82. The molecule has 4 aromatic rings. The minimum absolute atomic E-state index is 0.0698. The zero-order valence-electron chi connectivity index (χ0n) is 13.4. The topological polar surface area (TPSA) is 95.7 Å². The molecular weight excluding hydrogens is 385 g/mol. The first-order valence-electron chi connectivity index (χ1n) is 7.59. The standard InChI is InChI=1S/C16H10ClF3N6O/c17-11-10-5-6-26(13(10)24-15(21)22-11)7-8-1-3-9(4-2-8)12-23-14(27-25-12)16(18,19)20/h1-6H,7H2,(H2,21,22,24). The van der Waals surface area contributed by atoms with Crippen LogP contribution in [0.5, 0.6) is 0 Å². The highest BCUT2D eigenvalue weighted by molar-refractivity contribution is 6.34. The van der Waals surface area contributed by atoms with E-state index < -0.39 is 12.1 Å². The number of benzene rings is 1. The maximum atomic E-state index is 12.5. The van der Waals surface area contributed by atoms with Gasteiger partial charge in [0.2, 0.25) is 11.8 Å². The first-order valence-corrected chi connectivity index (χ1v) is 7.97. The van der Waals surface area contributed by atoms with Gasteiger partial charge in [-0.1, -0.05) is 41.0 Å². The van der Waals surface area contributed by atoms with Gasteiger partial charge < -0.3 is 14.8 Å². The van der Waals surface area contributed by atoms with Crippen LogP contribution in [0.2, 0.25) is 5.15 Å². The molecule has 7 nitrogen and oxygen atoms in total. The van der Waals surface area contributed by atoms with Crippen molar-refractivity contribution in [3.63, 3.8) is 0 Å². The number of alkyl halides is 3. The van der Waals surface area contributed by atoms with Crippen LogP contribution in [0.4, 0.5) is 19.1 Å². The first kappa shape index (κ1) is 17.3. The van der Waals surface area contributed by atoms with Crippen molar-refractivity contribution in [1.29, 1.82) is 0 Å². The first-order chi connectivity index (χ1) is 12.8.